The predicted octanol–water partition coefficient (Wildman–Crippen LogP) is 5.48. The number of sulfonamides is 1. The zero-order valence-corrected chi connectivity index (χ0v) is 19.0. The number of rotatable bonds is 8. The average molecular weight is 452 g/mol. The van der Waals surface area contributed by atoms with Gasteiger partial charge in [0.05, 0.1) is 15.9 Å². The normalized spacial score (nSPS) is 11.7. The van der Waals surface area contributed by atoms with Gasteiger partial charge in [0.25, 0.3) is 10.0 Å². The summed E-state index contributed by atoms with van der Waals surface area (Å²) in [5.41, 5.74) is 4.02. The molecular formula is C25H26FN3O2S. The summed E-state index contributed by atoms with van der Waals surface area (Å²) in [6.45, 7) is 4.63. The Kier molecular flexibility index (Phi) is 6.28. The van der Waals surface area contributed by atoms with Crippen LogP contribution in [0.25, 0.3) is 11.0 Å². The Morgan fingerprint density at radius 3 is 2.47 bits per heavy atom. The van der Waals surface area contributed by atoms with Crippen LogP contribution in [0.15, 0.2) is 71.6 Å². The molecule has 4 aromatic rings. The van der Waals surface area contributed by atoms with Crippen LogP contribution in [0.5, 0.6) is 0 Å². The smallest absolute Gasteiger partial charge is 0.261 e. The summed E-state index contributed by atoms with van der Waals surface area (Å²) >= 11 is 0. The highest BCUT2D eigenvalue weighted by atomic mass is 32.2. The van der Waals surface area contributed by atoms with Gasteiger partial charge in [-0.15, -0.1) is 0 Å². The Morgan fingerprint density at radius 2 is 1.75 bits per heavy atom. The fourth-order valence-electron chi connectivity index (χ4n) is 3.78. The zero-order valence-electron chi connectivity index (χ0n) is 18.2. The van der Waals surface area contributed by atoms with Crippen LogP contribution in [-0.4, -0.2) is 18.0 Å². The molecule has 1 aromatic heterocycles. The number of fused-ring (bicyclic) bond motifs is 1. The summed E-state index contributed by atoms with van der Waals surface area (Å²) in [4.78, 5) is 4.84. The van der Waals surface area contributed by atoms with E-state index in [1.54, 1.807) is 12.1 Å². The van der Waals surface area contributed by atoms with Crippen LogP contribution in [0.1, 0.15) is 30.3 Å². The standard InChI is InChI=1S/C25H26FN3O2S/c1-3-16-29-24-7-5-4-6-23(24)27-25(29)15-10-19-8-11-20(12-9-19)28-32(30,31)21-13-14-22(26)18(2)17-21/h4-9,11-14,17,28H,3,10,15-16H2,1-2H3. The molecule has 0 saturated heterocycles. The number of aromatic nitrogens is 2. The lowest BCUT2D eigenvalue weighted by atomic mass is 10.1. The van der Waals surface area contributed by atoms with Crippen molar-refractivity contribution in [2.24, 2.45) is 0 Å². The van der Waals surface area contributed by atoms with Gasteiger partial charge in [-0.1, -0.05) is 31.2 Å². The molecule has 32 heavy (non-hydrogen) atoms. The summed E-state index contributed by atoms with van der Waals surface area (Å²) in [6, 6.07) is 19.3. The number of anilines is 1. The van der Waals surface area contributed by atoms with E-state index in [2.05, 4.69) is 22.3 Å². The Morgan fingerprint density at radius 1 is 1.00 bits per heavy atom. The number of aryl methyl sites for hydroxylation is 4. The fraction of sp³-hybridized carbons (Fsp3) is 0.240. The molecule has 0 aliphatic carbocycles. The van der Waals surface area contributed by atoms with Gasteiger partial charge in [-0.2, -0.15) is 0 Å². The largest absolute Gasteiger partial charge is 0.328 e. The molecule has 5 nitrogen and oxygen atoms in total. The van der Waals surface area contributed by atoms with Crippen molar-refractivity contribution < 1.29 is 12.8 Å². The molecule has 0 saturated carbocycles. The molecule has 0 aliphatic rings. The Hall–Kier alpha value is -3.19. The molecule has 0 bridgehead atoms. The van der Waals surface area contributed by atoms with E-state index < -0.39 is 15.8 Å². The maximum atomic E-state index is 13.5. The van der Waals surface area contributed by atoms with Gasteiger partial charge in [0.2, 0.25) is 0 Å². The number of halogens is 1. The van der Waals surface area contributed by atoms with E-state index in [-0.39, 0.29) is 10.5 Å². The maximum Gasteiger partial charge on any atom is 0.261 e. The molecule has 0 unspecified atom stereocenters. The summed E-state index contributed by atoms with van der Waals surface area (Å²) < 4.78 is 43.5. The molecule has 0 fully saturated rings. The highest BCUT2D eigenvalue weighted by Gasteiger charge is 2.16. The number of nitrogens with zero attached hydrogens (tertiary/aromatic N) is 2. The Balaban J connectivity index is 1.46. The Labute approximate surface area is 188 Å². The van der Waals surface area contributed by atoms with Crippen molar-refractivity contribution in [3.63, 3.8) is 0 Å². The third-order valence-electron chi connectivity index (χ3n) is 5.46. The Bertz CT molecular complexity index is 1350. The van der Waals surface area contributed by atoms with Crippen LogP contribution in [0.3, 0.4) is 0 Å². The summed E-state index contributed by atoms with van der Waals surface area (Å²) in [5.74, 6) is 0.630. The van der Waals surface area contributed by atoms with Gasteiger partial charge < -0.3 is 4.57 Å². The number of imidazole rings is 1. The van der Waals surface area contributed by atoms with Gasteiger partial charge in [-0.05, 0) is 73.4 Å². The minimum absolute atomic E-state index is 0.0373. The minimum atomic E-state index is -3.78. The second-order valence-electron chi connectivity index (χ2n) is 7.88. The van der Waals surface area contributed by atoms with Gasteiger partial charge in [-0.25, -0.2) is 17.8 Å². The number of para-hydroxylation sites is 2. The van der Waals surface area contributed by atoms with Crippen molar-refractivity contribution in [3.8, 4) is 0 Å². The summed E-state index contributed by atoms with van der Waals surface area (Å²) in [6.07, 6.45) is 2.64. The van der Waals surface area contributed by atoms with Crippen LogP contribution in [0.4, 0.5) is 10.1 Å². The van der Waals surface area contributed by atoms with E-state index in [1.807, 2.05) is 30.3 Å². The van der Waals surface area contributed by atoms with Crippen LogP contribution in [0.2, 0.25) is 0 Å². The molecule has 0 atom stereocenters. The molecule has 1 heterocycles. The van der Waals surface area contributed by atoms with E-state index in [4.69, 9.17) is 4.98 Å². The van der Waals surface area contributed by atoms with Gasteiger partial charge in [0.15, 0.2) is 0 Å². The van der Waals surface area contributed by atoms with Gasteiger partial charge in [0, 0.05) is 18.7 Å². The topological polar surface area (TPSA) is 64.0 Å². The van der Waals surface area contributed by atoms with Crippen LogP contribution in [0, 0.1) is 12.7 Å². The van der Waals surface area contributed by atoms with Crippen molar-refractivity contribution in [3.05, 3.63) is 89.5 Å². The first kappa shape index (κ1) is 22.0. The summed E-state index contributed by atoms with van der Waals surface area (Å²) in [7, 11) is -3.78. The number of benzene rings is 3. The fourth-order valence-corrected chi connectivity index (χ4v) is 4.93. The molecule has 0 radical (unpaired) electrons. The molecule has 1 N–H and O–H groups in total. The second-order valence-corrected chi connectivity index (χ2v) is 9.56. The number of nitrogens with one attached hydrogen (secondary N) is 1. The van der Waals surface area contributed by atoms with Crippen LogP contribution < -0.4 is 4.72 Å². The van der Waals surface area contributed by atoms with E-state index >= 15 is 0 Å². The van der Waals surface area contributed by atoms with Crippen molar-refractivity contribution in [2.45, 2.75) is 44.6 Å². The SMILES string of the molecule is CCCn1c(CCc2ccc(NS(=O)(=O)c3ccc(F)c(C)c3)cc2)nc2ccccc21. The number of hydrogen-bond acceptors (Lipinski definition) is 3. The highest BCUT2D eigenvalue weighted by molar-refractivity contribution is 7.92. The van der Waals surface area contributed by atoms with E-state index in [0.717, 1.165) is 48.2 Å². The van der Waals surface area contributed by atoms with Gasteiger partial charge in [-0.3, -0.25) is 4.72 Å². The molecular weight excluding hydrogens is 425 g/mol. The quantitative estimate of drug-likeness (QED) is 0.386. The van der Waals surface area contributed by atoms with Gasteiger partial charge >= 0.3 is 0 Å². The lowest BCUT2D eigenvalue weighted by Crippen LogP contribution is -2.13. The van der Waals surface area contributed by atoms with Crippen molar-refractivity contribution in [2.75, 3.05) is 4.72 Å². The third kappa shape index (κ3) is 4.67. The van der Waals surface area contributed by atoms with Crippen molar-refractivity contribution in [1.82, 2.24) is 9.55 Å². The van der Waals surface area contributed by atoms with Gasteiger partial charge in [0.1, 0.15) is 11.6 Å². The first-order chi connectivity index (χ1) is 15.4. The maximum absolute atomic E-state index is 13.5. The molecule has 0 aliphatic heterocycles. The minimum Gasteiger partial charge on any atom is -0.328 e. The van der Waals surface area contributed by atoms with E-state index in [9.17, 15) is 12.8 Å². The molecule has 3 aromatic carbocycles. The highest BCUT2D eigenvalue weighted by Crippen LogP contribution is 2.21. The number of hydrogen-bond donors (Lipinski definition) is 1. The molecule has 4 rings (SSSR count). The predicted molar refractivity (Wildman–Crippen MR) is 126 cm³/mol. The summed E-state index contributed by atoms with van der Waals surface area (Å²) in [5, 5.41) is 0. The monoisotopic (exact) mass is 451 g/mol. The first-order valence-electron chi connectivity index (χ1n) is 10.7. The molecule has 166 valence electrons. The zero-order chi connectivity index (χ0) is 22.7. The van der Waals surface area contributed by atoms with Crippen molar-refractivity contribution in [1.29, 1.82) is 0 Å². The molecule has 7 heteroatoms. The average Bonchev–Trinajstić information content (AvgIpc) is 3.13. The van der Waals surface area contributed by atoms with E-state index in [1.165, 1.54) is 25.1 Å². The molecule has 0 spiro atoms. The van der Waals surface area contributed by atoms with Crippen LogP contribution in [-0.2, 0) is 29.4 Å². The van der Waals surface area contributed by atoms with Crippen molar-refractivity contribution >= 4 is 26.7 Å². The second kappa shape index (κ2) is 9.12. The first-order valence-corrected chi connectivity index (χ1v) is 12.2. The third-order valence-corrected chi connectivity index (χ3v) is 6.84. The van der Waals surface area contributed by atoms with Crippen LogP contribution >= 0.6 is 0 Å². The molecule has 0 amide bonds. The lowest BCUT2D eigenvalue weighted by molar-refractivity contribution is 0.598. The lowest BCUT2D eigenvalue weighted by Gasteiger charge is -2.10. The van der Waals surface area contributed by atoms with E-state index in [0.29, 0.717) is 5.69 Å².